The molecule has 25 heavy (non-hydrogen) atoms. The highest BCUT2D eigenvalue weighted by molar-refractivity contribution is 7.89. The molecule has 2 amide bonds. The summed E-state index contributed by atoms with van der Waals surface area (Å²) in [6.45, 7) is 2.31. The number of aryl methyl sites for hydroxylation is 1. The van der Waals surface area contributed by atoms with Gasteiger partial charge in [0, 0.05) is 19.3 Å². The van der Waals surface area contributed by atoms with Crippen LogP contribution in [0.3, 0.4) is 0 Å². The molecular formula is C18H21FN2O3S. The van der Waals surface area contributed by atoms with Crippen LogP contribution in [-0.2, 0) is 28.7 Å². The minimum atomic E-state index is -3.06. The predicted octanol–water partition coefficient (Wildman–Crippen LogP) is 2.68. The number of rotatable bonds is 6. The van der Waals surface area contributed by atoms with E-state index >= 15 is 0 Å². The lowest BCUT2D eigenvalue weighted by molar-refractivity contribution is 0.240. The van der Waals surface area contributed by atoms with Crippen LogP contribution in [0.25, 0.3) is 0 Å². The number of carbonyl (C=O) groups is 1. The predicted molar refractivity (Wildman–Crippen MR) is 95.2 cm³/mol. The van der Waals surface area contributed by atoms with Crippen molar-refractivity contribution in [1.29, 1.82) is 0 Å². The number of amides is 2. The second-order valence-corrected chi connectivity index (χ2v) is 8.15. The molecule has 0 bridgehead atoms. The van der Waals surface area contributed by atoms with Crippen molar-refractivity contribution in [2.24, 2.45) is 0 Å². The Balaban J connectivity index is 1.80. The largest absolute Gasteiger partial charge is 0.334 e. The molecule has 7 heteroatoms. The molecule has 0 heterocycles. The van der Waals surface area contributed by atoms with Gasteiger partial charge in [0.25, 0.3) is 0 Å². The fourth-order valence-corrected chi connectivity index (χ4v) is 3.10. The molecule has 134 valence electrons. The lowest BCUT2D eigenvalue weighted by Crippen LogP contribution is -2.34. The van der Waals surface area contributed by atoms with Crippen molar-refractivity contribution >= 4 is 15.9 Å². The molecule has 0 spiro atoms. The van der Waals surface area contributed by atoms with E-state index in [1.54, 1.807) is 43.3 Å². The molecule has 2 N–H and O–H groups in total. The summed E-state index contributed by atoms with van der Waals surface area (Å²) in [5, 5.41) is 5.43. The first-order chi connectivity index (χ1) is 11.7. The zero-order valence-corrected chi connectivity index (χ0v) is 15.0. The normalized spacial score (nSPS) is 11.2. The Morgan fingerprint density at radius 2 is 1.48 bits per heavy atom. The first-order valence-electron chi connectivity index (χ1n) is 7.75. The molecule has 2 rings (SSSR count). The molecule has 0 aliphatic rings. The molecule has 2 aromatic rings. The topological polar surface area (TPSA) is 75.3 Å². The van der Waals surface area contributed by atoms with Gasteiger partial charge in [-0.2, -0.15) is 0 Å². The second-order valence-electron chi connectivity index (χ2n) is 6.01. The maximum absolute atomic E-state index is 13.2. The molecule has 0 saturated heterocycles. The van der Waals surface area contributed by atoms with Gasteiger partial charge >= 0.3 is 6.03 Å². The fraction of sp³-hybridized carbons (Fsp3) is 0.278. The Bertz CT molecular complexity index is 849. The van der Waals surface area contributed by atoms with Crippen LogP contribution in [0.5, 0.6) is 0 Å². The van der Waals surface area contributed by atoms with Crippen LogP contribution in [0.2, 0.25) is 0 Å². The van der Waals surface area contributed by atoms with Crippen molar-refractivity contribution < 1.29 is 17.6 Å². The van der Waals surface area contributed by atoms with Gasteiger partial charge in [-0.15, -0.1) is 0 Å². The van der Waals surface area contributed by atoms with Gasteiger partial charge in [-0.1, -0.05) is 36.4 Å². The molecule has 0 saturated carbocycles. The van der Waals surface area contributed by atoms with Crippen molar-refractivity contribution in [3.8, 4) is 0 Å². The van der Waals surface area contributed by atoms with Crippen LogP contribution in [0, 0.1) is 12.7 Å². The molecule has 0 aliphatic heterocycles. The lowest BCUT2D eigenvalue weighted by atomic mass is 10.1. The van der Waals surface area contributed by atoms with Gasteiger partial charge in [0.05, 0.1) is 5.75 Å². The maximum atomic E-state index is 13.2. The van der Waals surface area contributed by atoms with E-state index in [4.69, 9.17) is 0 Å². The van der Waals surface area contributed by atoms with Crippen LogP contribution in [0.15, 0.2) is 42.5 Å². The number of urea groups is 1. The van der Waals surface area contributed by atoms with Gasteiger partial charge in [0.15, 0.2) is 9.84 Å². The van der Waals surface area contributed by atoms with Crippen molar-refractivity contribution in [1.82, 2.24) is 10.6 Å². The van der Waals surface area contributed by atoms with E-state index in [9.17, 15) is 17.6 Å². The Morgan fingerprint density at radius 1 is 0.960 bits per heavy atom. The van der Waals surface area contributed by atoms with Gasteiger partial charge < -0.3 is 10.6 Å². The van der Waals surface area contributed by atoms with E-state index in [-0.39, 0.29) is 17.6 Å². The fourth-order valence-electron chi connectivity index (χ4n) is 2.30. The van der Waals surface area contributed by atoms with Crippen molar-refractivity contribution in [2.75, 3.05) is 6.26 Å². The average Bonchev–Trinajstić information content (AvgIpc) is 2.54. The second kappa shape index (κ2) is 8.11. The summed E-state index contributed by atoms with van der Waals surface area (Å²) in [7, 11) is -3.06. The number of nitrogens with one attached hydrogen (secondary N) is 2. The number of halogens is 1. The smallest absolute Gasteiger partial charge is 0.315 e. The van der Waals surface area contributed by atoms with E-state index in [1.165, 1.54) is 12.3 Å². The Kier molecular flexibility index (Phi) is 6.14. The SMILES string of the molecule is Cc1cc(CNC(=O)NCc2ccc(CS(C)(=O)=O)cc2)ccc1F. The molecule has 0 radical (unpaired) electrons. The monoisotopic (exact) mass is 364 g/mol. The standard InChI is InChI=1S/C18H21FN2O3S/c1-13-9-16(7-8-17(13)19)11-21-18(22)20-10-14-3-5-15(6-4-14)12-25(2,23)24/h3-9H,10-12H2,1-2H3,(H2,20,21,22). The number of hydrogen-bond donors (Lipinski definition) is 2. The van der Waals surface area contributed by atoms with Crippen LogP contribution >= 0.6 is 0 Å². The third-order valence-electron chi connectivity index (χ3n) is 3.58. The molecule has 0 aromatic heterocycles. The number of carbonyl (C=O) groups excluding carboxylic acids is 1. The lowest BCUT2D eigenvalue weighted by Gasteiger charge is -2.09. The van der Waals surface area contributed by atoms with Crippen LogP contribution in [-0.4, -0.2) is 20.7 Å². The van der Waals surface area contributed by atoms with Crippen LogP contribution in [0.1, 0.15) is 22.3 Å². The molecule has 0 unspecified atom stereocenters. The summed E-state index contributed by atoms with van der Waals surface area (Å²) in [5.74, 6) is -0.273. The minimum absolute atomic E-state index is 0.00171. The summed E-state index contributed by atoms with van der Waals surface area (Å²) >= 11 is 0. The quantitative estimate of drug-likeness (QED) is 0.827. The zero-order valence-electron chi connectivity index (χ0n) is 14.2. The highest BCUT2D eigenvalue weighted by atomic mass is 32.2. The van der Waals surface area contributed by atoms with Crippen LogP contribution in [0.4, 0.5) is 9.18 Å². The van der Waals surface area contributed by atoms with Crippen LogP contribution < -0.4 is 10.6 Å². The zero-order chi connectivity index (χ0) is 18.4. The van der Waals surface area contributed by atoms with E-state index in [0.717, 1.165) is 11.1 Å². The first kappa shape index (κ1) is 18.9. The van der Waals surface area contributed by atoms with Crippen molar-refractivity contribution in [3.05, 3.63) is 70.5 Å². The third kappa shape index (κ3) is 6.54. The van der Waals surface area contributed by atoms with E-state index < -0.39 is 9.84 Å². The summed E-state index contributed by atoms with van der Waals surface area (Å²) in [4.78, 5) is 11.8. The van der Waals surface area contributed by atoms with Gasteiger partial charge in [0.2, 0.25) is 0 Å². The molecule has 5 nitrogen and oxygen atoms in total. The van der Waals surface area contributed by atoms with Gasteiger partial charge in [0.1, 0.15) is 5.82 Å². The minimum Gasteiger partial charge on any atom is -0.334 e. The number of sulfone groups is 1. The van der Waals surface area contributed by atoms with Crippen molar-refractivity contribution in [3.63, 3.8) is 0 Å². The van der Waals surface area contributed by atoms with E-state index in [1.807, 2.05) is 0 Å². The Hall–Kier alpha value is -2.41. The Labute approximate surface area is 147 Å². The molecule has 0 atom stereocenters. The van der Waals surface area contributed by atoms with Crippen molar-refractivity contribution in [2.45, 2.75) is 25.8 Å². The summed E-state index contributed by atoms with van der Waals surface area (Å²) in [6, 6.07) is 11.4. The molecule has 2 aromatic carbocycles. The average molecular weight is 364 g/mol. The third-order valence-corrected chi connectivity index (χ3v) is 4.44. The summed E-state index contributed by atoms with van der Waals surface area (Å²) in [6.07, 6.45) is 1.19. The summed E-state index contributed by atoms with van der Waals surface area (Å²) < 4.78 is 35.7. The molecular weight excluding hydrogens is 343 g/mol. The van der Waals surface area contributed by atoms with E-state index in [2.05, 4.69) is 10.6 Å². The molecule has 0 aliphatic carbocycles. The number of hydrogen-bond acceptors (Lipinski definition) is 3. The number of benzene rings is 2. The van der Waals surface area contributed by atoms with Gasteiger partial charge in [-0.25, -0.2) is 17.6 Å². The summed E-state index contributed by atoms with van der Waals surface area (Å²) in [5.41, 5.74) is 2.93. The van der Waals surface area contributed by atoms with E-state index in [0.29, 0.717) is 24.2 Å². The highest BCUT2D eigenvalue weighted by Gasteiger charge is 2.05. The molecule has 0 fully saturated rings. The van der Waals surface area contributed by atoms with Gasteiger partial charge in [-0.05, 0) is 35.2 Å². The van der Waals surface area contributed by atoms with Gasteiger partial charge in [-0.3, -0.25) is 0 Å². The maximum Gasteiger partial charge on any atom is 0.315 e. The highest BCUT2D eigenvalue weighted by Crippen LogP contribution is 2.09. The Morgan fingerprint density at radius 3 is 2.04 bits per heavy atom. The first-order valence-corrected chi connectivity index (χ1v) is 9.81.